The SMILES string of the molecule is CC(=O)NC(c1ccncc1)N1CC(=O)N(c2ccc(OC(F)(F)F)cc2)C1=O. The van der Waals surface area contributed by atoms with Gasteiger partial charge in [0, 0.05) is 19.3 Å². The summed E-state index contributed by atoms with van der Waals surface area (Å²) in [5, 5.41) is 2.61. The molecule has 2 heterocycles. The highest BCUT2D eigenvalue weighted by molar-refractivity contribution is 6.20. The van der Waals surface area contributed by atoms with Gasteiger partial charge in [0.1, 0.15) is 18.5 Å². The number of carbonyl (C=O) groups is 3. The van der Waals surface area contributed by atoms with Gasteiger partial charge in [-0.15, -0.1) is 13.2 Å². The first-order valence-electron chi connectivity index (χ1n) is 8.32. The first-order valence-corrected chi connectivity index (χ1v) is 8.32. The van der Waals surface area contributed by atoms with Crippen molar-refractivity contribution in [1.29, 1.82) is 0 Å². The van der Waals surface area contributed by atoms with Crippen LogP contribution in [0.25, 0.3) is 0 Å². The van der Waals surface area contributed by atoms with Crippen molar-refractivity contribution in [3.8, 4) is 5.75 Å². The molecule has 1 N–H and O–H groups in total. The summed E-state index contributed by atoms with van der Waals surface area (Å²) in [5.41, 5.74) is 0.612. The largest absolute Gasteiger partial charge is 0.573 e. The smallest absolute Gasteiger partial charge is 0.406 e. The molecule has 0 spiro atoms. The summed E-state index contributed by atoms with van der Waals surface area (Å²) in [7, 11) is 0. The Morgan fingerprint density at radius 3 is 2.31 bits per heavy atom. The van der Waals surface area contributed by atoms with Crippen LogP contribution >= 0.6 is 0 Å². The molecule has 152 valence electrons. The molecule has 8 nitrogen and oxygen atoms in total. The Kier molecular flexibility index (Phi) is 5.39. The fourth-order valence-corrected chi connectivity index (χ4v) is 2.85. The molecular formula is C18H15F3N4O4. The van der Waals surface area contributed by atoms with Crippen LogP contribution in [0.5, 0.6) is 5.75 Å². The first kappa shape index (κ1) is 20.1. The summed E-state index contributed by atoms with van der Waals surface area (Å²) in [6, 6.07) is 6.78. The maximum absolute atomic E-state index is 12.9. The molecular weight excluding hydrogens is 393 g/mol. The van der Waals surface area contributed by atoms with E-state index in [9.17, 15) is 27.6 Å². The van der Waals surface area contributed by atoms with Gasteiger partial charge < -0.3 is 10.1 Å². The number of aromatic nitrogens is 1. The van der Waals surface area contributed by atoms with Crippen molar-refractivity contribution >= 4 is 23.5 Å². The van der Waals surface area contributed by atoms with Gasteiger partial charge in [0.05, 0.1) is 5.69 Å². The normalized spacial score (nSPS) is 15.4. The first-order chi connectivity index (χ1) is 13.7. The van der Waals surface area contributed by atoms with Crippen LogP contribution in [-0.4, -0.2) is 40.6 Å². The predicted molar refractivity (Wildman–Crippen MR) is 93.5 cm³/mol. The molecule has 1 atom stereocenters. The number of pyridine rings is 1. The van der Waals surface area contributed by atoms with Crippen molar-refractivity contribution in [2.75, 3.05) is 11.4 Å². The standard InChI is InChI=1S/C18H15F3N4O4/c1-11(26)23-16(12-6-8-22-9-7-12)24-10-15(27)25(17(24)28)13-2-4-14(5-3-13)29-18(19,20)21/h2-9,16H,10H2,1H3,(H,23,26). The predicted octanol–water partition coefficient (Wildman–Crippen LogP) is 2.58. The van der Waals surface area contributed by atoms with Crippen molar-refractivity contribution in [2.45, 2.75) is 19.5 Å². The summed E-state index contributed by atoms with van der Waals surface area (Å²) >= 11 is 0. The zero-order valence-electron chi connectivity index (χ0n) is 15.0. The molecule has 1 aliphatic heterocycles. The van der Waals surface area contributed by atoms with Gasteiger partial charge in [-0.3, -0.25) is 19.5 Å². The molecule has 4 amide bonds. The van der Waals surface area contributed by atoms with E-state index in [2.05, 4.69) is 15.0 Å². The Morgan fingerprint density at radius 2 is 1.76 bits per heavy atom. The number of rotatable bonds is 5. The molecule has 0 bridgehead atoms. The van der Waals surface area contributed by atoms with Gasteiger partial charge in [0.25, 0.3) is 5.91 Å². The van der Waals surface area contributed by atoms with Crippen LogP contribution in [0.1, 0.15) is 18.7 Å². The van der Waals surface area contributed by atoms with E-state index in [0.29, 0.717) is 5.56 Å². The fourth-order valence-electron chi connectivity index (χ4n) is 2.85. The molecule has 2 aromatic rings. The molecule has 0 radical (unpaired) electrons. The van der Waals surface area contributed by atoms with E-state index in [1.807, 2.05) is 0 Å². The van der Waals surface area contributed by atoms with Crippen LogP contribution < -0.4 is 15.0 Å². The Bertz CT molecular complexity index is 919. The Morgan fingerprint density at radius 1 is 1.14 bits per heavy atom. The molecule has 1 fully saturated rings. The maximum Gasteiger partial charge on any atom is 0.573 e. The molecule has 1 aliphatic rings. The molecule has 1 unspecified atom stereocenters. The van der Waals surface area contributed by atoms with E-state index in [1.165, 1.54) is 31.5 Å². The summed E-state index contributed by atoms with van der Waals surface area (Å²) < 4.78 is 40.6. The number of ether oxygens (including phenoxy) is 1. The molecule has 0 saturated carbocycles. The number of anilines is 1. The van der Waals surface area contributed by atoms with Gasteiger partial charge in [-0.05, 0) is 42.0 Å². The van der Waals surface area contributed by atoms with E-state index in [1.54, 1.807) is 12.1 Å². The van der Waals surface area contributed by atoms with Crippen molar-refractivity contribution < 1.29 is 32.3 Å². The minimum absolute atomic E-state index is 0.0772. The van der Waals surface area contributed by atoms with Crippen molar-refractivity contribution in [3.05, 3.63) is 54.4 Å². The molecule has 0 aliphatic carbocycles. The second-order valence-electron chi connectivity index (χ2n) is 6.06. The highest BCUT2D eigenvalue weighted by Gasteiger charge is 2.41. The molecule has 11 heteroatoms. The topological polar surface area (TPSA) is 91.8 Å². The highest BCUT2D eigenvalue weighted by Crippen LogP contribution is 2.30. The number of imide groups is 1. The maximum atomic E-state index is 12.9. The molecule has 1 saturated heterocycles. The van der Waals surface area contributed by atoms with Crippen LogP contribution in [0.4, 0.5) is 23.7 Å². The van der Waals surface area contributed by atoms with Crippen molar-refractivity contribution in [3.63, 3.8) is 0 Å². The average Bonchev–Trinajstić information content (AvgIpc) is 2.94. The molecule has 1 aromatic carbocycles. The number of amides is 4. The molecule has 3 rings (SSSR count). The fraction of sp³-hybridized carbons (Fsp3) is 0.222. The highest BCUT2D eigenvalue weighted by atomic mass is 19.4. The summed E-state index contributed by atoms with van der Waals surface area (Å²) in [6.07, 6.45) is -2.81. The van der Waals surface area contributed by atoms with Gasteiger partial charge in [0.2, 0.25) is 5.91 Å². The van der Waals surface area contributed by atoms with E-state index >= 15 is 0 Å². The third kappa shape index (κ3) is 4.62. The lowest BCUT2D eigenvalue weighted by atomic mass is 10.2. The minimum atomic E-state index is -4.85. The van der Waals surface area contributed by atoms with E-state index in [4.69, 9.17) is 0 Å². The third-order valence-corrected chi connectivity index (χ3v) is 3.99. The molecule has 1 aromatic heterocycles. The third-order valence-electron chi connectivity index (χ3n) is 3.99. The summed E-state index contributed by atoms with van der Waals surface area (Å²) in [4.78, 5) is 42.8. The monoisotopic (exact) mass is 408 g/mol. The number of nitrogens with zero attached hydrogens (tertiary/aromatic N) is 3. The number of halogens is 3. The lowest BCUT2D eigenvalue weighted by molar-refractivity contribution is -0.274. The number of benzene rings is 1. The lowest BCUT2D eigenvalue weighted by Gasteiger charge is -2.27. The van der Waals surface area contributed by atoms with E-state index in [-0.39, 0.29) is 12.2 Å². The number of hydrogen-bond acceptors (Lipinski definition) is 5. The quantitative estimate of drug-likeness (QED) is 0.768. The van der Waals surface area contributed by atoms with Gasteiger partial charge in [0.15, 0.2) is 0 Å². The number of nitrogens with one attached hydrogen (secondary N) is 1. The second-order valence-corrected chi connectivity index (χ2v) is 6.06. The molecule has 29 heavy (non-hydrogen) atoms. The number of urea groups is 1. The van der Waals surface area contributed by atoms with E-state index in [0.717, 1.165) is 21.9 Å². The Balaban J connectivity index is 1.85. The van der Waals surface area contributed by atoms with Crippen LogP contribution in [0.15, 0.2) is 48.8 Å². The second kappa shape index (κ2) is 7.78. The lowest BCUT2D eigenvalue weighted by Crippen LogP contribution is -2.43. The van der Waals surface area contributed by atoms with Gasteiger partial charge in [-0.25, -0.2) is 9.69 Å². The van der Waals surface area contributed by atoms with Gasteiger partial charge in [-0.2, -0.15) is 0 Å². The van der Waals surface area contributed by atoms with Crippen LogP contribution in [-0.2, 0) is 9.59 Å². The zero-order valence-corrected chi connectivity index (χ0v) is 15.0. The van der Waals surface area contributed by atoms with Crippen LogP contribution in [0.2, 0.25) is 0 Å². The number of hydrogen-bond donors (Lipinski definition) is 1. The summed E-state index contributed by atoms with van der Waals surface area (Å²) in [6.45, 7) is 0.945. The average molecular weight is 408 g/mol. The van der Waals surface area contributed by atoms with Gasteiger partial charge >= 0.3 is 12.4 Å². The Labute approximate surface area is 162 Å². The minimum Gasteiger partial charge on any atom is -0.406 e. The van der Waals surface area contributed by atoms with Crippen molar-refractivity contribution in [2.24, 2.45) is 0 Å². The summed E-state index contributed by atoms with van der Waals surface area (Å²) in [5.74, 6) is -1.49. The zero-order chi connectivity index (χ0) is 21.2. The number of carbonyl (C=O) groups excluding carboxylic acids is 3. The van der Waals surface area contributed by atoms with E-state index < -0.39 is 36.1 Å². The number of alkyl halides is 3. The van der Waals surface area contributed by atoms with Crippen LogP contribution in [0.3, 0.4) is 0 Å². The van der Waals surface area contributed by atoms with Crippen molar-refractivity contribution in [1.82, 2.24) is 15.2 Å². The Hall–Kier alpha value is -3.63. The van der Waals surface area contributed by atoms with Gasteiger partial charge in [-0.1, -0.05) is 0 Å². The van der Waals surface area contributed by atoms with Crippen LogP contribution in [0, 0.1) is 0 Å².